The van der Waals surface area contributed by atoms with E-state index in [1.54, 1.807) is 6.07 Å². The number of anilines is 1. The van der Waals surface area contributed by atoms with Gasteiger partial charge in [-0.15, -0.1) is 0 Å². The van der Waals surface area contributed by atoms with Crippen LogP contribution in [0.5, 0.6) is 5.75 Å². The molecule has 1 aliphatic rings. The van der Waals surface area contributed by atoms with Crippen molar-refractivity contribution in [2.24, 2.45) is 0 Å². The molecule has 0 unspecified atom stereocenters. The van der Waals surface area contributed by atoms with Crippen molar-refractivity contribution in [3.63, 3.8) is 0 Å². The highest BCUT2D eigenvalue weighted by Gasteiger charge is 2.22. The van der Waals surface area contributed by atoms with Crippen LogP contribution in [0.3, 0.4) is 0 Å². The predicted molar refractivity (Wildman–Crippen MR) is 52.1 cm³/mol. The van der Waals surface area contributed by atoms with Crippen molar-refractivity contribution in [2.45, 2.75) is 6.42 Å². The van der Waals surface area contributed by atoms with Gasteiger partial charge in [-0.05, 0) is 24.1 Å². The molecule has 0 amide bonds. The molecule has 0 aliphatic carbocycles. The van der Waals surface area contributed by atoms with Gasteiger partial charge in [0, 0.05) is 12.2 Å². The van der Waals surface area contributed by atoms with E-state index in [0.717, 1.165) is 24.2 Å². The van der Waals surface area contributed by atoms with Gasteiger partial charge in [-0.25, -0.2) is 4.79 Å². The second kappa shape index (κ2) is 3.21. The maximum absolute atomic E-state index is 11.0. The van der Waals surface area contributed by atoms with Crippen LogP contribution in [-0.4, -0.2) is 24.7 Å². The Morgan fingerprint density at radius 2 is 2.36 bits per heavy atom. The summed E-state index contributed by atoms with van der Waals surface area (Å²) in [6, 6.07) is 3.54. The van der Waals surface area contributed by atoms with Gasteiger partial charge in [0.2, 0.25) is 0 Å². The summed E-state index contributed by atoms with van der Waals surface area (Å²) >= 11 is 0. The number of benzene rings is 1. The Morgan fingerprint density at radius 1 is 1.57 bits per heavy atom. The predicted octanol–water partition coefficient (Wildman–Crippen LogP) is 1.36. The van der Waals surface area contributed by atoms with E-state index in [-0.39, 0.29) is 5.56 Å². The van der Waals surface area contributed by atoms with Crippen molar-refractivity contribution in [1.82, 2.24) is 0 Å². The first kappa shape index (κ1) is 8.87. The van der Waals surface area contributed by atoms with Crippen molar-refractivity contribution >= 4 is 11.7 Å². The molecular formula is C10H11NO3. The van der Waals surface area contributed by atoms with Crippen LogP contribution >= 0.6 is 0 Å². The molecule has 1 aliphatic heterocycles. The maximum Gasteiger partial charge on any atom is 0.339 e. The molecule has 1 heterocycles. The Hall–Kier alpha value is -1.71. The fourth-order valence-corrected chi connectivity index (χ4v) is 1.78. The van der Waals surface area contributed by atoms with Crippen LogP contribution in [0.25, 0.3) is 0 Å². The molecule has 0 spiro atoms. The highest BCUT2D eigenvalue weighted by atomic mass is 16.5. The summed E-state index contributed by atoms with van der Waals surface area (Å²) in [6.45, 7) is 0.794. The van der Waals surface area contributed by atoms with E-state index in [4.69, 9.17) is 9.84 Å². The first-order chi connectivity index (χ1) is 6.74. The molecular weight excluding hydrogens is 182 g/mol. The van der Waals surface area contributed by atoms with Gasteiger partial charge in [0.25, 0.3) is 0 Å². The molecule has 0 bridgehead atoms. The van der Waals surface area contributed by atoms with Crippen molar-refractivity contribution in [3.05, 3.63) is 23.3 Å². The quantitative estimate of drug-likeness (QED) is 0.744. The van der Waals surface area contributed by atoms with Crippen LogP contribution in [0.2, 0.25) is 0 Å². The van der Waals surface area contributed by atoms with Gasteiger partial charge < -0.3 is 15.2 Å². The van der Waals surface area contributed by atoms with Crippen LogP contribution in [0.15, 0.2) is 12.1 Å². The summed E-state index contributed by atoms with van der Waals surface area (Å²) < 4.78 is 5.02. The van der Waals surface area contributed by atoms with E-state index in [2.05, 4.69) is 5.32 Å². The van der Waals surface area contributed by atoms with Crippen LogP contribution in [0.4, 0.5) is 5.69 Å². The Morgan fingerprint density at radius 3 is 3.00 bits per heavy atom. The number of carboxylic acids is 1. The molecule has 1 aromatic rings. The SMILES string of the molecule is COc1ccc2c(c1C(=O)O)CCN2. The van der Waals surface area contributed by atoms with Crippen molar-refractivity contribution in [2.75, 3.05) is 19.0 Å². The summed E-state index contributed by atoms with van der Waals surface area (Å²) in [5.41, 5.74) is 2.04. The van der Waals surface area contributed by atoms with Crippen LogP contribution < -0.4 is 10.1 Å². The molecule has 1 aromatic carbocycles. The number of carbonyl (C=O) groups is 1. The summed E-state index contributed by atoms with van der Waals surface area (Å²) in [7, 11) is 1.48. The zero-order valence-corrected chi connectivity index (χ0v) is 7.83. The first-order valence-electron chi connectivity index (χ1n) is 4.41. The lowest BCUT2D eigenvalue weighted by molar-refractivity contribution is 0.0692. The lowest BCUT2D eigenvalue weighted by Gasteiger charge is -2.08. The lowest BCUT2D eigenvalue weighted by Crippen LogP contribution is -2.04. The highest BCUT2D eigenvalue weighted by molar-refractivity contribution is 5.95. The van der Waals surface area contributed by atoms with Gasteiger partial charge >= 0.3 is 5.97 Å². The number of methoxy groups -OCH3 is 1. The summed E-state index contributed by atoms with van der Waals surface area (Å²) in [6.07, 6.45) is 0.744. The van der Waals surface area contributed by atoms with Crippen molar-refractivity contribution in [1.29, 1.82) is 0 Å². The topological polar surface area (TPSA) is 58.6 Å². The molecule has 0 saturated heterocycles. The van der Waals surface area contributed by atoms with E-state index < -0.39 is 5.97 Å². The minimum Gasteiger partial charge on any atom is -0.496 e. The zero-order chi connectivity index (χ0) is 10.1. The van der Waals surface area contributed by atoms with E-state index >= 15 is 0 Å². The second-order valence-corrected chi connectivity index (χ2v) is 3.15. The van der Waals surface area contributed by atoms with Gasteiger partial charge in [0.05, 0.1) is 7.11 Å². The molecule has 0 atom stereocenters. The Labute approximate surface area is 81.5 Å². The molecule has 4 heteroatoms. The molecule has 0 fully saturated rings. The smallest absolute Gasteiger partial charge is 0.339 e. The molecule has 0 radical (unpaired) electrons. The number of hydrogen-bond acceptors (Lipinski definition) is 3. The van der Waals surface area contributed by atoms with Crippen molar-refractivity contribution < 1.29 is 14.6 Å². The minimum atomic E-state index is -0.928. The average molecular weight is 193 g/mol. The van der Waals surface area contributed by atoms with Gasteiger partial charge in [-0.2, -0.15) is 0 Å². The maximum atomic E-state index is 11.0. The normalized spacial score (nSPS) is 13.2. The fraction of sp³-hybridized carbons (Fsp3) is 0.300. The highest BCUT2D eigenvalue weighted by Crippen LogP contribution is 2.32. The summed E-state index contributed by atoms with van der Waals surface area (Å²) in [5.74, 6) is -0.498. The number of aromatic carboxylic acids is 1. The molecule has 2 N–H and O–H groups in total. The number of fused-ring (bicyclic) bond motifs is 1. The standard InChI is InChI=1S/C10H11NO3/c1-14-8-3-2-7-6(4-5-11-7)9(8)10(12)13/h2-3,11H,4-5H2,1H3,(H,12,13). The van der Waals surface area contributed by atoms with Gasteiger partial charge in [-0.1, -0.05) is 0 Å². The molecule has 4 nitrogen and oxygen atoms in total. The molecule has 74 valence electrons. The summed E-state index contributed by atoms with van der Waals surface area (Å²) in [5, 5.41) is 12.2. The number of carboxylic acid groups (broad SMARTS) is 1. The third kappa shape index (κ3) is 1.19. The zero-order valence-electron chi connectivity index (χ0n) is 7.83. The van der Waals surface area contributed by atoms with E-state index in [0.29, 0.717) is 5.75 Å². The lowest BCUT2D eigenvalue weighted by atomic mass is 10.0. The second-order valence-electron chi connectivity index (χ2n) is 3.15. The molecule has 14 heavy (non-hydrogen) atoms. The van der Waals surface area contributed by atoms with Gasteiger partial charge in [-0.3, -0.25) is 0 Å². The van der Waals surface area contributed by atoms with Crippen LogP contribution in [0.1, 0.15) is 15.9 Å². The third-order valence-electron chi connectivity index (χ3n) is 2.40. The van der Waals surface area contributed by atoms with E-state index in [1.165, 1.54) is 7.11 Å². The number of rotatable bonds is 2. The average Bonchev–Trinajstić information content (AvgIpc) is 2.62. The summed E-state index contributed by atoms with van der Waals surface area (Å²) in [4.78, 5) is 11.0. The van der Waals surface area contributed by atoms with Gasteiger partial charge in [0.15, 0.2) is 0 Å². The molecule has 0 saturated carbocycles. The number of ether oxygens (including phenoxy) is 1. The number of nitrogens with one attached hydrogen (secondary N) is 1. The first-order valence-corrected chi connectivity index (χ1v) is 4.41. The Bertz CT molecular complexity index is 387. The molecule has 2 rings (SSSR count). The third-order valence-corrected chi connectivity index (χ3v) is 2.40. The largest absolute Gasteiger partial charge is 0.496 e. The number of hydrogen-bond donors (Lipinski definition) is 2. The fourth-order valence-electron chi connectivity index (χ4n) is 1.78. The van der Waals surface area contributed by atoms with Crippen molar-refractivity contribution in [3.8, 4) is 5.75 Å². The minimum absolute atomic E-state index is 0.287. The molecule has 0 aromatic heterocycles. The van der Waals surface area contributed by atoms with Crippen LogP contribution in [-0.2, 0) is 6.42 Å². The van der Waals surface area contributed by atoms with E-state index in [9.17, 15) is 4.79 Å². The van der Waals surface area contributed by atoms with Crippen LogP contribution in [0, 0.1) is 0 Å². The van der Waals surface area contributed by atoms with E-state index in [1.807, 2.05) is 6.07 Å². The van der Waals surface area contributed by atoms with Gasteiger partial charge in [0.1, 0.15) is 11.3 Å². The Balaban J connectivity index is 2.62. The Kier molecular flexibility index (Phi) is 2.04. The monoisotopic (exact) mass is 193 g/mol.